The number of nitro groups is 1. The van der Waals surface area contributed by atoms with E-state index in [0.717, 1.165) is 26.1 Å². The third-order valence-corrected chi connectivity index (χ3v) is 3.35. The van der Waals surface area contributed by atoms with Crippen LogP contribution in [-0.2, 0) is 0 Å². The Hall–Kier alpha value is -1.82. The van der Waals surface area contributed by atoms with Gasteiger partial charge in [-0.2, -0.15) is 0 Å². The van der Waals surface area contributed by atoms with E-state index in [-0.39, 0.29) is 10.6 Å². The Bertz CT molecular complexity index is 460. The Labute approximate surface area is 112 Å². The number of hydrogen-bond donors (Lipinski definition) is 1. The summed E-state index contributed by atoms with van der Waals surface area (Å²) in [5.74, 6) is 0.647. The number of nitro benzene ring substituents is 1. The maximum atomic E-state index is 11.2. The third kappa shape index (κ3) is 2.78. The average Bonchev–Trinajstić information content (AvgIpc) is 2.35. The van der Waals surface area contributed by atoms with Gasteiger partial charge < -0.3 is 15.0 Å². The van der Waals surface area contributed by atoms with Crippen molar-refractivity contribution in [2.45, 2.75) is 19.4 Å². The summed E-state index contributed by atoms with van der Waals surface area (Å²) in [5, 5.41) is 14.4. The summed E-state index contributed by atoms with van der Waals surface area (Å²) in [6, 6.07) is 5.23. The molecule has 19 heavy (non-hydrogen) atoms. The summed E-state index contributed by atoms with van der Waals surface area (Å²) in [5.41, 5.74) is 0.791. The van der Waals surface area contributed by atoms with Crippen LogP contribution in [0.15, 0.2) is 18.2 Å². The van der Waals surface area contributed by atoms with Crippen molar-refractivity contribution < 1.29 is 9.66 Å². The van der Waals surface area contributed by atoms with Crippen LogP contribution in [0.5, 0.6) is 5.75 Å². The predicted octanol–water partition coefficient (Wildman–Crippen LogP) is 1.79. The lowest BCUT2D eigenvalue weighted by molar-refractivity contribution is -0.384. The molecule has 0 unspecified atom stereocenters. The highest BCUT2D eigenvalue weighted by Crippen LogP contribution is 2.34. The highest BCUT2D eigenvalue weighted by molar-refractivity contribution is 5.66. The third-order valence-electron chi connectivity index (χ3n) is 3.35. The first-order valence-electron chi connectivity index (χ1n) is 6.47. The van der Waals surface area contributed by atoms with Gasteiger partial charge in [0.05, 0.1) is 18.1 Å². The smallest absolute Gasteiger partial charge is 0.292 e. The maximum absolute atomic E-state index is 11.2. The number of hydrogen-bond acceptors (Lipinski definition) is 5. The quantitative estimate of drug-likeness (QED) is 0.627. The zero-order valence-electron chi connectivity index (χ0n) is 11.3. The molecule has 1 heterocycles. The van der Waals surface area contributed by atoms with Gasteiger partial charge in [-0.25, -0.2) is 0 Å². The number of nitrogens with one attached hydrogen (secondary N) is 1. The molecule has 1 aliphatic heterocycles. The van der Waals surface area contributed by atoms with Crippen LogP contribution in [0.1, 0.15) is 13.3 Å². The normalized spacial score (nSPS) is 14.8. The molecule has 1 N–H and O–H groups in total. The Balaban J connectivity index is 2.39. The first-order chi connectivity index (χ1) is 9.17. The number of methoxy groups -OCH3 is 1. The Morgan fingerprint density at radius 1 is 1.53 bits per heavy atom. The predicted molar refractivity (Wildman–Crippen MR) is 73.9 cm³/mol. The van der Waals surface area contributed by atoms with E-state index < -0.39 is 0 Å². The number of rotatable bonds is 6. The van der Waals surface area contributed by atoms with Crippen molar-refractivity contribution in [3.8, 4) is 5.75 Å². The fraction of sp³-hybridized carbons (Fsp3) is 0.538. The minimum Gasteiger partial charge on any atom is -0.497 e. The lowest BCUT2D eigenvalue weighted by Crippen LogP contribution is -2.57. The van der Waals surface area contributed by atoms with Crippen molar-refractivity contribution in [2.24, 2.45) is 0 Å². The van der Waals surface area contributed by atoms with E-state index in [1.54, 1.807) is 19.2 Å². The molecule has 1 aromatic rings. The van der Waals surface area contributed by atoms with Gasteiger partial charge in [-0.15, -0.1) is 0 Å². The van der Waals surface area contributed by atoms with Crippen molar-refractivity contribution in [1.82, 2.24) is 5.32 Å². The Morgan fingerprint density at radius 2 is 2.26 bits per heavy atom. The van der Waals surface area contributed by atoms with Gasteiger partial charge in [0.25, 0.3) is 5.69 Å². The number of ether oxygens (including phenoxy) is 1. The Kier molecular flexibility index (Phi) is 4.21. The van der Waals surface area contributed by atoms with Gasteiger partial charge in [0.1, 0.15) is 11.4 Å². The molecule has 0 saturated carbocycles. The molecule has 0 aliphatic carbocycles. The van der Waals surface area contributed by atoms with Crippen LogP contribution in [0, 0.1) is 10.1 Å². The largest absolute Gasteiger partial charge is 0.497 e. The molecule has 0 spiro atoms. The van der Waals surface area contributed by atoms with E-state index in [0.29, 0.717) is 17.5 Å². The summed E-state index contributed by atoms with van der Waals surface area (Å²) in [7, 11) is 1.57. The van der Waals surface area contributed by atoms with Gasteiger partial charge in [0, 0.05) is 31.8 Å². The molecule has 6 heteroatoms. The maximum Gasteiger partial charge on any atom is 0.292 e. The number of anilines is 1. The average molecular weight is 265 g/mol. The summed E-state index contributed by atoms with van der Waals surface area (Å²) in [4.78, 5) is 13.0. The second-order valence-electron chi connectivity index (χ2n) is 4.62. The van der Waals surface area contributed by atoms with E-state index in [1.165, 1.54) is 6.07 Å². The SMILES string of the molecule is CCCN(c1cc(OC)ccc1[N+](=O)[O-])C1CNC1. The van der Waals surface area contributed by atoms with Gasteiger partial charge >= 0.3 is 0 Å². The van der Waals surface area contributed by atoms with E-state index in [1.807, 2.05) is 0 Å². The minimum absolute atomic E-state index is 0.140. The molecule has 0 aromatic heterocycles. The van der Waals surface area contributed by atoms with Gasteiger partial charge in [-0.05, 0) is 12.5 Å². The molecule has 2 rings (SSSR count). The molecule has 1 aromatic carbocycles. The van der Waals surface area contributed by atoms with Crippen LogP contribution in [0.25, 0.3) is 0 Å². The monoisotopic (exact) mass is 265 g/mol. The van der Waals surface area contributed by atoms with Crippen molar-refractivity contribution in [3.63, 3.8) is 0 Å². The molecule has 0 atom stereocenters. The van der Waals surface area contributed by atoms with E-state index >= 15 is 0 Å². The first-order valence-corrected chi connectivity index (χ1v) is 6.47. The van der Waals surface area contributed by atoms with E-state index in [2.05, 4.69) is 17.1 Å². The second kappa shape index (κ2) is 5.88. The van der Waals surface area contributed by atoms with Crippen LogP contribution < -0.4 is 15.0 Å². The van der Waals surface area contributed by atoms with Crippen LogP contribution in [0.2, 0.25) is 0 Å². The topological polar surface area (TPSA) is 67.6 Å². The molecule has 6 nitrogen and oxygen atoms in total. The van der Waals surface area contributed by atoms with Crippen molar-refractivity contribution in [1.29, 1.82) is 0 Å². The zero-order valence-corrected chi connectivity index (χ0v) is 11.3. The van der Waals surface area contributed by atoms with E-state index in [9.17, 15) is 10.1 Å². The number of benzene rings is 1. The molecular weight excluding hydrogens is 246 g/mol. The van der Waals surface area contributed by atoms with Crippen LogP contribution in [0.3, 0.4) is 0 Å². The van der Waals surface area contributed by atoms with Crippen LogP contribution in [-0.4, -0.2) is 37.7 Å². The summed E-state index contributed by atoms with van der Waals surface area (Å²) >= 11 is 0. The van der Waals surface area contributed by atoms with Crippen molar-refractivity contribution in [3.05, 3.63) is 28.3 Å². The molecule has 1 fully saturated rings. The molecule has 1 saturated heterocycles. The zero-order chi connectivity index (χ0) is 13.8. The lowest BCUT2D eigenvalue weighted by atomic mass is 10.1. The van der Waals surface area contributed by atoms with Gasteiger partial charge in [-0.3, -0.25) is 10.1 Å². The molecular formula is C13H19N3O3. The van der Waals surface area contributed by atoms with Crippen LogP contribution >= 0.6 is 0 Å². The lowest BCUT2D eigenvalue weighted by Gasteiger charge is -2.39. The molecule has 104 valence electrons. The summed E-state index contributed by atoms with van der Waals surface area (Å²) in [6.45, 7) is 4.62. The standard InChI is InChI=1S/C13H19N3O3/c1-3-6-15(10-8-14-9-10)13-7-11(19-2)4-5-12(13)16(17)18/h4-5,7,10,14H,3,6,8-9H2,1-2H3. The molecule has 0 amide bonds. The van der Waals surface area contributed by atoms with E-state index in [4.69, 9.17) is 4.74 Å². The second-order valence-corrected chi connectivity index (χ2v) is 4.62. The molecule has 1 aliphatic rings. The number of nitrogens with zero attached hydrogens (tertiary/aromatic N) is 2. The highest BCUT2D eigenvalue weighted by atomic mass is 16.6. The Morgan fingerprint density at radius 3 is 2.74 bits per heavy atom. The van der Waals surface area contributed by atoms with Gasteiger partial charge in [0.2, 0.25) is 0 Å². The van der Waals surface area contributed by atoms with Crippen molar-refractivity contribution in [2.75, 3.05) is 31.6 Å². The summed E-state index contributed by atoms with van der Waals surface area (Å²) in [6.07, 6.45) is 0.949. The fourth-order valence-corrected chi connectivity index (χ4v) is 2.25. The van der Waals surface area contributed by atoms with Gasteiger partial charge in [-0.1, -0.05) is 6.92 Å². The van der Waals surface area contributed by atoms with Gasteiger partial charge in [0.15, 0.2) is 0 Å². The molecule has 0 bridgehead atoms. The summed E-state index contributed by atoms with van der Waals surface area (Å²) < 4.78 is 5.18. The van der Waals surface area contributed by atoms with Crippen LogP contribution in [0.4, 0.5) is 11.4 Å². The first kappa shape index (κ1) is 13.6. The van der Waals surface area contributed by atoms with Crippen molar-refractivity contribution >= 4 is 11.4 Å². The molecule has 0 radical (unpaired) electrons. The fourth-order valence-electron chi connectivity index (χ4n) is 2.25. The minimum atomic E-state index is -0.330. The highest BCUT2D eigenvalue weighted by Gasteiger charge is 2.29.